The average Bonchev–Trinajstić information content (AvgIpc) is 3.00. The second-order valence-electron chi connectivity index (χ2n) is 5.79. The number of anilines is 2. The Balaban J connectivity index is 1.63. The topological polar surface area (TPSA) is 89.3 Å². The lowest BCUT2D eigenvalue weighted by atomic mass is 9.93. The number of ether oxygens (including phenoxy) is 1. The summed E-state index contributed by atoms with van der Waals surface area (Å²) in [5.74, 6) is 0.173. The van der Waals surface area contributed by atoms with Crippen molar-refractivity contribution < 1.29 is 9.53 Å². The second kappa shape index (κ2) is 6.19. The number of rotatable bonds is 5. The molecule has 1 amide bonds. The summed E-state index contributed by atoms with van der Waals surface area (Å²) < 4.78 is 5.40. The van der Waals surface area contributed by atoms with Gasteiger partial charge in [0.25, 0.3) is 5.91 Å². The van der Waals surface area contributed by atoms with Crippen LogP contribution in [0.4, 0.5) is 10.9 Å². The summed E-state index contributed by atoms with van der Waals surface area (Å²) in [5, 5.41) is 7.11. The normalized spacial score (nSPS) is 25.6. The molecule has 6 nitrogen and oxygen atoms in total. The predicted octanol–water partition coefficient (Wildman–Crippen LogP) is 1.99. The molecule has 2 unspecified atom stereocenters. The molecule has 1 aromatic rings. The number of carbonyl (C=O) groups excluding carboxylic acids is 1. The molecule has 2 atom stereocenters. The van der Waals surface area contributed by atoms with Crippen molar-refractivity contribution in [1.29, 1.82) is 0 Å². The van der Waals surface area contributed by atoms with Gasteiger partial charge in [0.2, 0.25) is 0 Å². The Morgan fingerprint density at radius 2 is 2.10 bits per heavy atom. The highest BCUT2D eigenvalue weighted by Crippen LogP contribution is 2.30. The Morgan fingerprint density at radius 1 is 1.33 bits per heavy atom. The highest BCUT2D eigenvalue weighted by atomic mass is 32.1. The van der Waals surface area contributed by atoms with E-state index in [1.807, 2.05) is 0 Å². The number of nitrogens with two attached hydrogens (primary N) is 1. The average molecular weight is 310 g/mol. The van der Waals surface area contributed by atoms with Gasteiger partial charge in [-0.3, -0.25) is 4.79 Å². The number of nitrogens with one attached hydrogen (secondary N) is 2. The first-order chi connectivity index (χ1) is 10.2. The van der Waals surface area contributed by atoms with Crippen molar-refractivity contribution in [2.45, 2.75) is 56.7 Å². The molecule has 2 fully saturated rings. The van der Waals surface area contributed by atoms with E-state index in [1.165, 1.54) is 30.6 Å². The lowest BCUT2D eigenvalue weighted by Crippen LogP contribution is -2.40. The maximum Gasteiger partial charge on any atom is 0.265 e. The second-order valence-corrected chi connectivity index (χ2v) is 6.79. The molecule has 2 aliphatic carbocycles. The van der Waals surface area contributed by atoms with E-state index in [-0.39, 0.29) is 18.1 Å². The van der Waals surface area contributed by atoms with E-state index in [9.17, 15) is 4.79 Å². The number of hydrogen-bond donors (Lipinski definition) is 3. The van der Waals surface area contributed by atoms with Gasteiger partial charge in [0.15, 0.2) is 5.13 Å². The first kappa shape index (κ1) is 14.6. The van der Waals surface area contributed by atoms with Crippen LogP contribution >= 0.6 is 11.3 Å². The SMILES string of the molecule is COC1CCCC1NC(=O)c1sc(NC2CCC2)nc1N. The molecule has 2 aliphatic rings. The number of nitrogens with zero attached hydrogens (tertiary/aromatic N) is 1. The van der Waals surface area contributed by atoms with Crippen molar-refractivity contribution in [1.82, 2.24) is 10.3 Å². The molecule has 7 heteroatoms. The van der Waals surface area contributed by atoms with Crippen molar-refractivity contribution in [3.8, 4) is 0 Å². The van der Waals surface area contributed by atoms with Gasteiger partial charge < -0.3 is 21.1 Å². The fraction of sp³-hybridized carbons (Fsp3) is 0.714. The minimum atomic E-state index is -0.138. The summed E-state index contributed by atoms with van der Waals surface area (Å²) in [7, 11) is 1.69. The summed E-state index contributed by atoms with van der Waals surface area (Å²) in [6.45, 7) is 0. The van der Waals surface area contributed by atoms with E-state index in [0.29, 0.717) is 16.7 Å². The van der Waals surface area contributed by atoms with E-state index >= 15 is 0 Å². The van der Waals surface area contributed by atoms with Gasteiger partial charge in [-0.15, -0.1) is 0 Å². The number of aromatic nitrogens is 1. The third-order valence-corrected chi connectivity index (χ3v) is 5.37. The van der Waals surface area contributed by atoms with Gasteiger partial charge >= 0.3 is 0 Å². The summed E-state index contributed by atoms with van der Waals surface area (Å²) in [6.07, 6.45) is 6.72. The van der Waals surface area contributed by atoms with Crippen LogP contribution < -0.4 is 16.4 Å². The molecular weight excluding hydrogens is 288 g/mol. The fourth-order valence-corrected chi connectivity index (χ4v) is 3.76. The monoisotopic (exact) mass is 310 g/mol. The number of methoxy groups -OCH3 is 1. The van der Waals surface area contributed by atoms with Crippen molar-refractivity contribution in [2.75, 3.05) is 18.2 Å². The van der Waals surface area contributed by atoms with Gasteiger partial charge in [0, 0.05) is 13.2 Å². The number of carbonyl (C=O) groups is 1. The molecule has 21 heavy (non-hydrogen) atoms. The summed E-state index contributed by atoms with van der Waals surface area (Å²) >= 11 is 1.34. The third kappa shape index (κ3) is 3.13. The number of amides is 1. The number of thiazole rings is 1. The Bertz CT molecular complexity index is 515. The molecule has 1 aromatic heterocycles. The van der Waals surface area contributed by atoms with Crippen LogP contribution in [0.5, 0.6) is 0 Å². The molecule has 3 rings (SSSR count). The first-order valence-corrected chi connectivity index (χ1v) is 8.35. The van der Waals surface area contributed by atoms with E-state index in [2.05, 4.69) is 15.6 Å². The smallest absolute Gasteiger partial charge is 0.265 e. The predicted molar refractivity (Wildman–Crippen MR) is 83.7 cm³/mol. The quantitative estimate of drug-likeness (QED) is 0.774. The first-order valence-electron chi connectivity index (χ1n) is 7.54. The van der Waals surface area contributed by atoms with Gasteiger partial charge in [0.1, 0.15) is 10.7 Å². The van der Waals surface area contributed by atoms with Crippen LogP contribution in [0.25, 0.3) is 0 Å². The maximum absolute atomic E-state index is 12.4. The summed E-state index contributed by atoms with van der Waals surface area (Å²) in [4.78, 5) is 17.1. The van der Waals surface area contributed by atoms with Crippen molar-refractivity contribution in [3.63, 3.8) is 0 Å². The standard InChI is InChI=1S/C14H22N4O2S/c1-20-10-7-3-6-9(10)17-13(19)11-12(15)18-14(21-11)16-8-4-2-5-8/h8-10H,2-7,15H2,1H3,(H,16,18)(H,17,19). The van der Waals surface area contributed by atoms with Gasteiger partial charge in [-0.05, 0) is 38.5 Å². The largest absolute Gasteiger partial charge is 0.382 e. The van der Waals surface area contributed by atoms with Crippen LogP contribution in [-0.4, -0.2) is 36.2 Å². The van der Waals surface area contributed by atoms with Crippen LogP contribution in [0.1, 0.15) is 48.2 Å². The Labute approximate surface area is 128 Å². The lowest BCUT2D eigenvalue weighted by molar-refractivity contribution is 0.0725. The molecule has 4 N–H and O–H groups in total. The van der Waals surface area contributed by atoms with E-state index < -0.39 is 0 Å². The molecule has 0 saturated heterocycles. The van der Waals surface area contributed by atoms with Crippen LogP contribution in [0, 0.1) is 0 Å². The van der Waals surface area contributed by atoms with E-state index in [0.717, 1.165) is 24.4 Å². The minimum Gasteiger partial charge on any atom is -0.382 e. The summed E-state index contributed by atoms with van der Waals surface area (Å²) in [6, 6.07) is 0.561. The zero-order valence-electron chi connectivity index (χ0n) is 12.2. The van der Waals surface area contributed by atoms with Gasteiger partial charge in [-0.2, -0.15) is 0 Å². The van der Waals surface area contributed by atoms with E-state index in [1.54, 1.807) is 7.11 Å². The zero-order valence-corrected chi connectivity index (χ0v) is 13.0. The van der Waals surface area contributed by atoms with Crippen LogP contribution in [0.15, 0.2) is 0 Å². The number of nitrogen functional groups attached to an aromatic ring is 1. The van der Waals surface area contributed by atoms with Crippen molar-refractivity contribution in [3.05, 3.63) is 4.88 Å². The Hall–Kier alpha value is -1.34. The van der Waals surface area contributed by atoms with Gasteiger partial charge in [0.05, 0.1) is 12.1 Å². The molecule has 0 aliphatic heterocycles. The van der Waals surface area contributed by atoms with E-state index in [4.69, 9.17) is 10.5 Å². The Kier molecular flexibility index (Phi) is 4.30. The van der Waals surface area contributed by atoms with Crippen LogP contribution in [-0.2, 0) is 4.74 Å². The van der Waals surface area contributed by atoms with Crippen LogP contribution in [0.3, 0.4) is 0 Å². The molecule has 116 valence electrons. The third-order valence-electron chi connectivity index (χ3n) is 4.36. The summed E-state index contributed by atoms with van der Waals surface area (Å²) in [5.41, 5.74) is 5.89. The minimum absolute atomic E-state index is 0.0760. The van der Waals surface area contributed by atoms with Crippen LogP contribution in [0.2, 0.25) is 0 Å². The van der Waals surface area contributed by atoms with Gasteiger partial charge in [-0.25, -0.2) is 4.98 Å². The molecule has 0 spiro atoms. The highest BCUT2D eigenvalue weighted by molar-refractivity contribution is 7.18. The molecular formula is C14H22N4O2S. The molecule has 2 saturated carbocycles. The molecule has 0 radical (unpaired) electrons. The lowest BCUT2D eigenvalue weighted by Gasteiger charge is -2.25. The zero-order chi connectivity index (χ0) is 14.8. The molecule has 0 bridgehead atoms. The van der Waals surface area contributed by atoms with Crippen molar-refractivity contribution in [2.24, 2.45) is 0 Å². The van der Waals surface area contributed by atoms with Gasteiger partial charge in [-0.1, -0.05) is 11.3 Å². The number of hydrogen-bond acceptors (Lipinski definition) is 6. The molecule has 0 aromatic carbocycles. The highest BCUT2D eigenvalue weighted by Gasteiger charge is 2.30. The fourth-order valence-electron chi connectivity index (χ4n) is 2.89. The Morgan fingerprint density at radius 3 is 2.76 bits per heavy atom. The van der Waals surface area contributed by atoms with Crippen molar-refractivity contribution >= 4 is 28.2 Å². The molecule has 1 heterocycles. The maximum atomic E-state index is 12.4.